The van der Waals surface area contributed by atoms with Crippen molar-refractivity contribution in [2.75, 3.05) is 11.6 Å². The number of hydrogen-bond donors (Lipinski definition) is 1. The molecule has 3 rings (SSSR count). The Balaban J connectivity index is 1.88. The number of carbonyl (C=O) groups is 1. The monoisotopic (exact) mass is 298 g/mol. The SMILES string of the molecule is CSc1ccccc1C(=O)Nc1cnc2cc(C)nn2c1. The molecule has 0 aliphatic rings. The highest BCUT2D eigenvalue weighted by atomic mass is 32.2. The predicted molar refractivity (Wildman–Crippen MR) is 83.9 cm³/mol. The number of aromatic nitrogens is 3. The van der Waals surface area contributed by atoms with Gasteiger partial charge in [0.25, 0.3) is 5.91 Å². The lowest BCUT2D eigenvalue weighted by molar-refractivity contribution is 0.102. The van der Waals surface area contributed by atoms with E-state index in [0.717, 1.165) is 16.2 Å². The van der Waals surface area contributed by atoms with Crippen LogP contribution in [0.15, 0.2) is 47.6 Å². The number of nitrogens with zero attached hydrogens (tertiary/aromatic N) is 3. The summed E-state index contributed by atoms with van der Waals surface area (Å²) in [5.41, 5.74) is 2.92. The van der Waals surface area contributed by atoms with Crippen molar-refractivity contribution >= 4 is 29.0 Å². The van der Waals surface area contributed by atoms with Gasteiger partial charge >= 0.3 is 0 Å². The molecular formula is C15H14N4OS. The minimum absolute atomic E-state index is 0.148. The van der Waals surface area contributed by atoms with Gasteiger partial charge in [-0.25, -0.2) is 9.50 Å². The maximum atomic E-state index is 12.4. The third-order valence-electron chi connectivity index (χ3n) is 3.04. The maximum absolute atomic E-state index is 12.4. The molecule has 106 valence electrons. The summed E-state index contributed by atoms with van der Waals surface area (Å²) in [6.07, 6.45) is 5.34. The summed E-state index contributed by atoms with van der Waals surface area (Å²) < 4.78 is 1.66. The van der Waals surface area contributed by atoms with Gasteiger partial charge in [0.2, 0.25) is 0 Å². The lowest BCUT2D eigenvalue weighted by Crippen LogP contribution is -2.13. The Morgan fingerprint density at radius 1 is 1.33 bits per heavy atom. The van der Waals surface area contributed by atoms with Crippen LogP contribution >= 0.6 is 11.8 Å². The predicted octanol–water partition coefficient (Wildman–Crippen LogP) is 3.01. The van der Waals surface area contributed by atoms with Crippen LogP contribution in [0.4, 0.5) is 5.69 Å². The van der Waals surface area contributed by atoms with E-state index in [4.69, 9.17) is 0 Å². The fraction of sp³-hybridized carbons (Fsp3) is 0.133. The summed E-state index contributed by atoms with van der Waals surface area (Å²) in [5.74, 6) is -0.148. The van der Waals surface area contributed by atoms with Crippen molar-refractivity contribution < 1.29 is 4.79 Å². The van der Waals surface area contributed by atoms with Crippen LogP contribution in [0.2, 0.25) is 0 Å². The van der Waals surface area contributed by atoms with E-state index in [-0.39, 0.29) is 5.91 Å². The number of amides is 1. The van der Waals surface area contributed by atoms with Gasteiger partial charge in [0.15, 0.2) is 5.65 Å². The number of fused-ring (bicyclic) bond motifs is 1. The molecule has 0 aliphatic carbocycles. The Labute approximate surface area is 126 Å². The molecule has 0 fully saturated rings. The number of rotatable bonds is 3. The van der Waals surface area contributed by atoms with E-state index in [9.17, 15) is 4.79 Å². The fourth-order valence-electron chi connectivity index (χ4n) is 2.09. The van der Waals surface area contributed by atoms with Crippen molar-refractivity contribution in [3.05, 3.63) is 54.0 Å². The minimum Gasteiger partial charge on any atom is -0.319 e. The number of nitrogens with one attached hydrogen (secondary N) is 1. The van der Waals surface area contributed by atoms with E-state index in [1.165, 1.54) is 0 Å². The Morgan fingerprint density at radius 3 is 2.95 bits per heavy atom. The van der Waals surface area contributed by atoms with Crippen molar-refractivity contribution in [1.29, 1.82) is 0 Å². The highest BCUT2D eigenvalue weighted by molar-refractivity contribution is 7.98. The van der Waals surface area contributed by atoms with Gasteiger partial charge in [-0.15, -0.1) is 11.8 Å². The molecule has 0 radical (unpaired) electrons. The van der Waals surface area contributed by atoms with Crippen LogP contribution in [-0.4, -0.2) is 26.8 Å². The molecular weight excluding hydrogens is 284 g/mol. The Kier molecular flexibility index (Phi) is 3.62. The smallest absolute Gasteiger partial charge is 0.256 e. The zero-order valence-electron chi connectivity index (χ0n) is 11.7. The van der Waals surface area contributed by atoms with Crippen LogP contribution in [0.25, 0.3) is 5.65 Å². The van der Waals surface area contributed by atoms with Gasteiger partial charge in [-0.2, -0.15) is 5.10 Å². The average Bonchev–Trinajstić information content (AvgIpc) is 2.86. The van der Waals surface area contributed by atoms with Gasteiger partial charge < -0.3 is 5.32 Å². The lowest BCUT2D eigenvalue weighted by Gasteiger charge is -2.08. The van der Waals surface area contributed by atoms with Gasteiger partial charge in [0.1, 0.15) is 0 Å². The van der Waals surface area contributed by atoms with Crippen molar-refractivity contribution in [2.45, 2.75) is 11.8 Å². The van der Waals surface area contributed by atoms with E-state index >= 15 is 0 Å². The first-order chi connectivity index (χ1) is 10.2. The van der Waals surface area contributed by atoms with Crippen molar-refractivity contribution in [1.82, 2.24) is 14.6 Å². The molecule has 1 N–H and O–H groups in total. The normalized spacial score (nSPS) is 10.8. The molecule has 1 aromatic carbocycles. The second kappa shape index (κ2) is 5.57. The Hall–Kier alpha value is -2.34. The number of aryl methyl sites for hydroxylation is 1. The van der Waals surface area contributed by atoms with Crippen LogP contribution < -0.4 is 5.32 Å². The van der Waals surface area contributed by atoms with E-state index in [1.807, 2.05) is 43.5 Å². The van der Waals surface area contributed by atoms with Gasteiger partial charge in [-0.05, 0) is 25.3 Å². The van der Waals surface area contributed by atoms with Gasteiger partial charge in [0, 0.05) is 11.0 Å². The maximum Gasteiger partial charge on any atom is 0.256 e. The molecule has 0 unspecified atom stereocenters. The van der Waals surface area contributed by atoms with Gasteiger partial charge in [-0.3, -0.25) is 4.79 Å². The molecule has 2 heterocycles. The highest BCUT2D eigenvalue weighted by Gasteiger charge is 2.11. The number of thioether (sulfide) groups is 1. The van der Waals surface area contributed by atoms with Crippen LogP contribution in [0.5, 0.6) is 0 Å². The molecule has 0 spiro atoms. The first-order valence-electron chi connectivity index (χ1n) is 6.44. The van der Waals surface area contributed by atoms with Crippen molar-refractivity contribution in [2.24, 2.45) is 0 Å². The Bertz CT molecular complexity index is 812. The van der Waals surface area contributed by atoms with Crippen molar-refractivity contribution in [3.8, 4) is 0 Å². The highest BCUT2D eigenvalue weighted by Crippen LogP contribution is 2.21. The topological polar surface area (TPSA) is 59.3 Å². The van der Waals surface area contributed by atoms with Crippen LogP contribution in [0.3, 0.4) is 0 Å². The summed E-state index contributed by atoms with van der Waals surface area (Å²) >= 11 is 1.55. The zero-order valence-corrected chi connectivity index (χ0v) is 12.5. The summed E-state index contributed by atoms with van der Waals surface area (Å²) in [6, 6.07) is 9.40. The second-order valence-electron chi connectivity index (χ2n) is 4.59. The second-order valence-corrected chi connectivity index (χ2v) is 5.43. The van der Waals surface area contributed by atoms with E-state index in [0.29, 0.717) is 11.3 Å². The number of hydrogen-bond acceptors (Lipinski definition) is 4. The summed E-state index contributed by atoms with van der Waals surface area (Å²) in [5, 5.41) is 7.15. The van der Waals surface area contributed by atoms with Gasteiger partial charge in [-0.1, -0.05) is 12.1 Å². The van der Waals surface area contributed by atoms with E-state index in [1.54, 1.807) is 28.7 Å². The van der Waals surface area contributed by atoms with E-state index < -0.39 is 0 Å². The third kappa shape index (κ3) is 2.75. The first kappa shape index (κ1) is 13.6. The lowest BCUT2D eigenvalue weighted by atomic mass is 10.2. The van der Waals surface area contributed by atoms with Gasteiger partial charge in [0.05, 0.1) is 29.3 Å². The standard InChI is InChI=1S/C15H14N4OS/c1-10-7-14-16-8-11(9-19(14)18-10)17-15(20)12-5-3-4-6-13(12)21-2/h3-9H,1-2H3,(H,17,20). The summed E-state index contributed by atoms with van der Waals surface area (Å²) in [7, 11) is 0. The summed E-state index contributed by atoms with van der Waals surface area (Å²) in [4.78, 5) is 17.6. The molecule has 1 amide bonds. The zero-order chi connectivity index (χ0) is 14.8. The molecule has 0 bridgehead atoms. The molecule has 5 nitrogen and oxygen atoms in total. The Morgan fingerprint density at radius 2 is 2.14 bits per heavy atom. The molecule has 21 heavy (non-hydrogen) atoms. The fourth-order valence-corrected chi connectivity index (χ4v) is 2.69. The molecule has 2 aromatic heterocycles. The number of anilines is 1. The third-order valence-corrected chi connectivity index (χ3v) is 3.84. The van der Waals surface area contributed by atoms with Crippen molar-refractivity contribution in [3.63, 3.8) is 0 Å². The van der Waals surface area contributed by atoms with Crippen LogP contribution in [0.1, 0.15) is 16.1 Å². The van der Waals surface area contributed by atoms with E-state index in [2.05, 4.69) is 15.4 Å². The molecule has 6 heteroatoms. The average molecular weight is 298 g/mol. The molecule has 3 aromatic rings. The minimum atomic E-state index is -0.148. The first-order valence-corrected chi connectivity index (χ1v) is 7.66. The summed E-state index contributed by atoms with van der Waals surface area (Å²) in [6.45, 7) is 1.90. The molecule has 0 saturated heterocycles. The van der Waals surface area contributed by atoms with Crippen LogP contribution in [-0.2, 0) is 0 Å². The molecule has 0 saturated carbocycles. The molecule has 0 aliphatic heterocycles. The quantitative estimate of drug-likeness (QED) is 0.755. The molecule has 0 atom stereocenters. The largest absolute Gasteiger partial charge is 0.319 e. The number of benzene rings is 1. The number of carbonyl (C=O) groups excluding carboxylic acids is 1. The van der Waals surface area contributed by atoms with Crippen LogP contribution in [0, 0.1) is 6.92 Å².